The Morgan fingerprint density at radius 3 is 2.09 bits per heavy atom. The highest BCUT2D eigenvalue weighted by Crippen LogP contribution is 2.12. The summed E-state index contributed by atoms with van der Waals surface area (Å²) in [7, 11) is 2.11. The second-order valence-corrected chi connectivity index (χ2v) is 6.64. The minimum Gasteiger partial charge on any atom is -0.307 e. The molecule has 3 atom stereocenters. The molecule has 5 heteroatoms. The predicted molar refractivity (Wildman–Crippen MR) is 48.4 cm³/mol. The van der Waals surface area contributed by atoms with Gasteiger partial charge in [0.25, 0.3) is 0 Å². The lowest BCUT2D eigenvalue weighted by Crippen LogP contribution is -2.29. The van der Waals surface area contributed by atoms with Crippen molar-refractivity contribution in [3.63, 3.8) is 0 Å². The average Bonchev–Trinajstić information content (AvgIpc) is 2.18. The van der Waals surface area contributed by atoms with Crippen LogP contribution in [0.5, 0.6) is 0 Å². The summed E-state index contributed by atoms with van der Waals surface area (Å²) < 4.78 is 22.3. The summed E-state index contributed by atoms with van der Waals surface area (Å²) in [5.41, 5.74) is 0. The second-order valence-electron chi connectivity index (χ2n) is 2.86. The molecule has 3 nitrogen and oxygen atoms in total. The third kappa shape index (κ3) is 2.35. The molecule has 0 spiro atoms. The van der Waals surface area contributed by atoms with E-state index in [-0.39, 0.29) is 4.58 Å². The first-order chi connectivity index (χ1) is 5.11. The Balaban J connectivity index is 2.55. The van der Waals surface area contributed by atoms with Crippen LogP contribution in [0.4, 0.5) is 0 Å². The Kier molecular flexibility index (Phi) is 3.21. The van der Waals surface area contributed by atoms with E-state index in [0.29, 0.717) is 18.1 Å². The van der Waals surface area contributed by atoms with E-state index in [1.165, 1.54) is 0 Å². The zero-order valence-electron chi connectivity index (χ0n) is 6.78. The van der Waals surface area contributed by atoms with E-state index in [1.807, 2.05) is 19.0 Å². The molecule has 66 valence electrons. The van der Waals surface area contributed by atoms with Gasteiger partial charge in [0.15, 0.2) is 0 Å². The summed E-state index contributed by atoms with van der Waals surface area (Å²) >= 11 is 0. The van der Waals surface area contributed by atoms with Crippen LogP contribution >= 0.6 is 0 Å². The summed E-state index contributed by atoms with van der Waals surface area (Å²) in [6.07, 6.45) is 0. The van der Waals surface area contributed by atoms with Crippen LogP contribution in [0, 0.1) is 0 Å². The Hall–Kier alpha value is 0.260. The highest BCUT2D eigenvalue weighted by molar-refractivity contribution is 8.06. The molecular weight excluding hydrogens is 182 g/mol. The molecule has 1 aliphatic heterocycles. The lowest BCUT2D eigenvalue weighted by Gasteiger charge is -2.13. The van der Waals surface area contributed by atoms with Crippen LogP contribution in [0.1, 0.15) is 0 Å². The van der Waals surface area contributed by atoms with Gasteiger partial charge in [-0.2, -0.15) is 0 Å². The van der Waals surface area contributed by atoms with Crippen LogP contribution in [-0.4, -0.2) is 50.0 Å². The molecule has 1 aliphatic rings. The molecule has 0 aromatic heterocycles. The van der Waals surface area contributed by atoms with Gasteiger partial charge >= 0.3 is 0 Å². The maximum atomic E-state index is 11.2. The van der Waals surface area contributed by atoms with Gasteiger partial charge in [0.2, 0.25) is 0 Å². The van der Waals surface area contributed by atoms with Gasteiger partial charge in [-0.15, -0.1) is 0 Å². The van der Waals surface area contributed by atoms with Gasteiger partial charge < -0.3 is 4.90 Å². The molecule has 1 unspecified atom stereocenters. The summed E-state index contributed by atoms with van der Waals surface area (Å²) in [4.78, 5) is 1.94. The summed E-state index contributed by atoms with van der Waals surface area (Å²) in [6, 6.07) is 0. The van der Waals surface area contributed by atoms with Crippen LogP contribution < -0.4 is 0 Å². The van der Waals surface area contributed by atoms with Gasteiger partial charge in [-0.1, -0.05) is 0 Å². The maximum absolute atomic E-state index is 11.2. The van der Waals surface area contributed by atoms with Crippen molar-refractivity contribution in [2.75, 3.05) is 32.1 Å². The van der Waals surface area contributed by atoms with E-state index in [1.54, 1.807) is 0 Å². The highest BCUT2D eigenvalue weighted by Gasteiger charge is 2.30. The van der Waals surface area contributed by atoms with Crippen molar-refractivity contribution < 1.29 is 8.42 Å². The summed E-state index contributed by atoms with van der Waals surface area (Å²) in [5, 5.41) is 0. The minimum absolute atomic E-state index is 0.106. The van der Waals surface area contributed by atoms with Crippen molar-refractivity contribution in [1.82, 2.24) is 4.90 Å². The van der Waals surface area contributed by atoms with E-state index in [2.05, 4.69) is 0 Å². The predicted octanol–water partition coefficient (Wildman–Crippen LogP) is -0.615. The second kappa shape index (κ2) is 3.78. The number of rotatable bonds is 2. The standard InChI is InChI=1S/C6H13NO2S2/c1-7(2)5-6-10(8)3-4-11(6)9/h6H,3-5H2,1-2H3/t6?,10-,11+. The fourth-order valence-corrected chi connectivity index (χ4v) is 5.32. The number of hydrogen-bond donors (Lipinski definition) is 0. The van der Waals surface area contributed by atoms with Crippen molar-refractivity contribution in [1.29, 1.82) is 0 Å². The lowest BCUT2D eigenvalue weighted by atomic mass is 10.7. The number of hydrogen-bond acceptors (Lipinski definition) is 3. The molecule has 1 saturated heterocycles. The fourth-order valence-electron chi connectivity index (χ4n) is 1.01. The third-order valence-electron chi connectivity index (χ3n) is 1.59. The molecular formula is C6H13NO2S2. The van der Waals surface area contributed by atoms with E-state index >= 15 is 0 Å². The van der Waals surface area contributed by atoms with Gasteiger partial charge in [0.05, 0.1) is 0 Å². The van der Waals surface area contributed by atoms with Crippen LogP contribution in [-0.2, 0) is 21.6 Å². The molecule has 11 heavy (non-hydrogen) atoms. The first-order valence-corrected chi connectivity index (χ1v) is 6.27. The lowest BCUT2D eigenvalue weighted by molar-refractivity contribution is 0.427. The molecule has 0 aromatic carbocycles. The Labute approximate surface area is 72.1 Å². The molecule has 1 rings (SSSR count). The minimum atomic E-state index is -0.853. The van der Waals surface area contributed by atoms with Crippen molar-refractivity contribution in [2.24, 2.45) is 0 Å². The Bertz CT molecular complexity index is 177. The first kappa shape index (κ1) is 9.35. The van der Waals surface area contributed by atoms with Crippen molar-refractivity contribution in [3.8, 4) is 0 Å². The normalized spacial score (nSPS) is 38.3. The van der Waals surface area contributed by atoms with Gasteiger partial charge in [-0.05, 0) is 14.1 Å². The highest BCUT2D eigenvalue weighted by atomic mass is 32.3. The average molecular weight is 195 g/mol. The zero-order chi connectivity index (χ0) is 8.43. The summed E-state index contributed by atoms with van der Waals surface area (Å²) in [5.74, 6) is 1.23. The zero-order valence-corrected chi connectivity index (χ0v) is 8.41. The molecule has 0 bridgehead atoms. The smallest absolute Gasteiger partial charge is 0.123 e. The quantitative estimate of drug-likeness (QED) is 0.589. The topological polar surface area (TPSA) is 37.4 Å². The Morgan fingerprint density at radius 1 is 1.27 bits per heavy atom. The van der Waals surface area contributed by atoms with E-state index < -0.39 is 21.6 Å². The van der Waals surface area contributed by atoms with Crippen LogP contribution in [0.25, 0.3) is 0 Å². The molecule has 0 aliphatic carbocycles. The molecule has 1 heterocycles. The molecule has 0 N–H and O–H groups in total. The van der Waals surface area contributed by atoms with E-state index in [4.69, 9.17) is 0 Å². The summed E-state index contributed by atoms with van der Waals surface area (Å²) in [6.45, 7) is 0.680. The maximum Gasteiger partial charge on any atom is 0.123 e. The van der Waals surface area contributed by atoms with Gasteiger partial charge in [0, 0.05) is 39.6 Å². The molecule has 0 aromatic rings. The van der Waals surface area contributed by atoms with Crippen molar-refractivity contribution in [3.05, 3.63) is 0 Å². The van der Waals surface area contributed by atoms with Gasteiger partial charge in [-0.25, -0.2) is 0 Å². The van der Waals surface area contributed by atoms with Crippen LogP contribution in [0.15, 0.2) is 0 Å². The molecule has 0 saturated carbocycles. The monoisotopic (exact) mass is 195 g/mol. The van der Waals surface area contributed by atoms with Crippen molar-refractivity contribution in [2.45, 2.75) is 4.58 Å². The Morgan fingerprint density at radius 2 is 1.73 bits per heavy atom. The van der Waals surface area contributed by atoms with Crippen molar-refractivity contribution >= 4 is 21.6 Å². The molecule has 1 fully saturated rings. The fraction of sp³-hybridized carbons (Fsp3) is 1.00. The first-order valence-electron chi connectivity index (χ1n) is 3.50. The van der Waals surface area contributed by atoms with E-state index in [9.17, 15) is 8.42 Å². The van der Waals surface area contributed by atoms with Gasteiger partial charge in [0.1, 0.15) is 4.58 Å². The largest absolute Gasteiger partial charge is 0.307 e. The number of nitrogens with zero attached hydrogens (tertiary/aromatic N) is 1. The van der Waals surface area contributed by atoms with Crippen LogP contribution in [0.3, 0.4) is 0 Å². The van der Waals surface area contributed by atoms with Gasteiger partial charge in [-0.3, -0.25) is 8.42 Å². The SMILES string of the molecule is CN(C)CC1[S@](=O)CC[S@@]1=O. The molecule has 0 radical (unpaired) electrons. The third-order valence-corrected chi connectivity index (χ3v) is 5.82. The van der Waals surface area contributed by atoms with E-state index in [0.717, 1.165) is 0 Å². The molecule has 0 amide bonds. The van der Waals surface area contributed by atoms with Crippen LogP contribution in [0.2, 0.25) is 0 Å².